The number of amidine groups is 1. The quantitative estimate of drug-likeness (QED) is 0.115. The van der Waals surface area contributed by atoms with E-state index in [1.54, 1.807) is 0 Å². The molecule has 0 aliphatic rings. The number of benzene rings is 8. The first-order valence-electron chi connectivity index (χ1n) is 20.1. The fraction of sp³-hybridized carbons (Fsp3) is 0.0545. The minimum atomic E-state index is 0.623. The Bertz CT molecular complexity index is 3290. The summed E-state index contributed by atoms with van der Waals surface area (Å²) in [5.74, 6) is 0.623. The van der Waals surface area contributed by atoms with E-state index in [4.69, 9.17) is 9.98 Å². The topological polar surface area (TPSA) is 34.6 Å². The van der Waals surface area contributed by atoms with Crippen LogP contribution in [0.2, 0.25) is 0 Å². The molecule has 4 nitrogen and oxygen atoms in total. The van der Waals surface area contributed by atoms with Crippen molar-refractivity contribution in [3.8, 4) is 22.5 Å². The maximum absolute atomic E-state index is 5.21. The molecule has 0 saturated heterocycles. The number of nitrogens with zero attached hydrogens (tertiary/aromatic N) is 4. The molecule has 282 valence electrons. The molecule has 8 aromatic carbocycles. The van der Waals surface area contributed by atoms with Gasteiger partial charge in [-0.3, -0.25) is 0 Å². The zero-order chi connectivity index (χ0) is 40.0. The van der Waals surface area contributed by atoms with Gasteiger partial charge in [-0.05, 0) is 85.0 Å². The Balaban J connectivity index is 1.20. The first kappa shape index (κ1) is 35.8. The highest BCUT2D eigenvalue weighted by Crippen LogP contribution is 2.43. The van der Waals surface area contributed by atoms with Crippen molar-refractivity contribution in [2.45, 2.75) is 20.8 Å². The van der Waals surface area contributed by atoms with Crippen LogP contribution in [0, 0.1) is 13.8 Å². The van der Waals surface area contributed by atoms with E-state index in [1.807, 2.05) is 43.3 Å². The molecule has 0 spiro atoms. The number of fused-ring (bicyclic) bond motifs is 7. The van der Waals surface area contributed by atoms with Gasteiger partial charge in [-0.2, -0.15) is 0 Å². The molecular weight excluding hydrogens is 717 g/mol. The van der Waals surface area contributed by atoms with Gasteiger partial charge in [0.05, 0.1) is 27.8 Å². The molecular formula is C55H42N4. The molecule has 0 unspecified atom stereocenters. The first-order chi connectivity index (χ1) is 29.0. The number of aryl methyl sites for hydroxylation is 2. The van der Waals surface area contributed by atoms with Crippen molar-refractivity contribution in [2.24, 2.45) is 9.98 Å². The Kier molecular flexibility index (Phi) is 8.95. The van der Waals surface area contributed by atoms with Crippen molar-refractivity contribution in [3.63, 3.8) is 0 Å². The van der Waals surface area contributed by atoms with Crippen LogP contribution in [0.15, 0.2) is 205 Å². The Hall–Kier alpha value is -7.56. The van der Waals surface area contributed by atoms with E-state index in [1.165, 1.54) is 43.7 Å². The minimum absolute atomic E-state index is 0.623. The molecule has 2 aromatic heterocycles. The minimum Gasteiger partial charge on any atom is -0.307 e. The van der Waals surface area contributed by atoms with Crippen LogP contribution in [0.4, 0.5) is 0 Å². The van der Waals surface area contributed by atoms with Crippen LogP contribution in [0.1, 0.15) is 34.7 Å². The van der Waals surface area contributed by atoms with Crippen molar-refractivity contribution < 1.29 is 0 Å². The largest absolute Gasteiger partial charge is 0.307 e. The SMILES string of the molecule is C=C(N=C(N=C(C)c1ccccc1)c1ccccc1)c1cccc(C)c1-c1cc(-n2c3ccccc3c3ccc4c5ccccc5n(-c5ccccc5)c4c32)ccc1C. The first-order valence-corrected chi connectivity index (χ1v) is 20.1. The molecule has 2 heterocycles. The van der Waals surface area contributed by atoms with E-state index in [0.717, 1.165) is 56.0 Å². The number of hydrogen-bond donors (Lipinski definition) is 0. The molecule has 0 radical (unpaired) electrons. The fourth-order valence-electron chi connectivity index (χ4n) is 8.73. The standard InChI is InChI=1S/C55H42N4/c1-36-31-32-43(35-49(36)52-37(2)19-18-28-44(52)39(4)57-55(41-22-10-6-11-23-41)56-38(3)40-20-8-5-9-21-40)59-51-30-17-15-27-46(51)48-34-33-47-45-26-14-16-29-50(45)58(53(47)54(48)59)42-24-12-7-13-25-42/h5-35H,4H2,1-3H3. The van der Waals surface area contributed by atoms with Crippen molar-refractivity contribution >= 4 is 60.9 Å². The van der Waals surface area contributed by atoms with Gasteiger partial charge in [-0.1, -0.05) is 158 Å². The van der Waals surface area contributed by atoms with E-state index in [0.29, 0.717) is 11.5 Å². The van der Waals surface area contributed by atoms with Gasteiger partial charge in [0, 0.05) is 49.8 Å². The van der Waals surface area contributed by atoms with Crippen molar-refractivity contribution in [1.82, 2.24) is 9.13 Å². The van der Waals surface area contributed by atoms with Gasteiger partial charge in [0.15, 0.2) is 5.84 Å². The van der Waals surface area contributed by atoms with Crippen LogP contribution in [0.3, 0.4) is 0 Å². The van der Waals surface area contributed by atoms with E-state index in [-0.39, 0.29) is 0 Å². The summed E-state index contributed by atoms with van der Waals surface area (Å²) < 4.78 is 4.90. The molecule has 0 aliphatic heterocycles. The smallest absolute Gasteiger partial charge is 0.160 e. The number of rotatable bonds is 7. The van der Waals surface area contributed by atoms with Crippen molar-refractivity contribution in [3.05, 3.63) is 222 Å². The Morgan fingerprint density at radius 3 is 1.63 bits per heavy atom. The number of para-hydroxylation sites is 3. The summed E-state index contributed by atoms with van der Waals surface area (Å²) in [6, 6.07) is 66.6. The van der Waals surface area contributed by atoms with Crippen LogP contribution >= 0.6 is 0 Å². The second kappa shape index (κ2) is 14.7. The highest BCUT2D eigenvalue weighted by molar-refractivity contribution is 6.24. The van der Waals surface area contributed by atoms with E-state index in [2.05, 4.69) is 181 Å². The summed E-state index contributed by atoms with van der Waals surface area (Å²) >= 11 is 0. The van der Waals surface area contributed by atoms with E-state index in [9.17, 15) is 0 Å². The zero-order valence-corrected chi connectivity index (χ0v) is 33.4. The lowest BCUT2D eigenvalue weighted by molar-refractivity contribution is 1.15. The van der Waals surface area contributed by atoms with Crippen LogP contribution in [-0.2, 0) is 0 Å². The average Bonchev–Trinajstić information content (AvgIpc) is 3.80. The van der Waals surface area contributed by atoms with Crippen LogP contribution in [0.5, 0.6) is 0 Å². The molecule has 0 atom stereocenters. The average molecular weight is 759 g/mol. The summed E-state index contributed by atoms with van der Waals surface area (Å²) in [5, 5.41) is 4.89. The summed E-state index contributed by atoms with van der Waals surface area (Å²) in [7, 11) is 0. The lowest BCUT2D eigenvalue weighted by Crippen LogP contribution is -2.04. The Morgan fingerprint density at radius 2 is 1.00 bits per heavy atom. The third-order valence-electron chi connectivity index (χ3n) is 11.6. The van der Waals surface area contributed by atoms with Crippen LogP contribution in [-0.4, -0.2) is 20.7 Å². The Morgan fingerprint density at radius 1 is 0.458 bits per heavy atom. The number of aromatic nitrogens is 2. The summed E-state index contributed by atoms with van der Waals surface area (Å²) in [4.78, 5) is 10.3. The van der Waals surface area contributed by atoms with Gasteiger partial charge in [0.25, 0.3) is 0 Å². The van der Waals surface area contributed by atoms with Crippen molar-refractivity contribution in [1.29, 1.82) is 0 Å². The monoisotopic (exact) mass is 758 g/mol. The molecule has 4 heteroatoms. The molecule has 0 N–H and O–H groups in total. The summed E-state index contributed by atoms with van der Waals surface area (Å²) in [6.45, 7) is 11.0. The maximum Gasteiger partial charge on any atom is 0.160 e. The van der Waals surface area contributed by atoms with Gasteiger partial charge in [0.1, 0.15) is 0 Å². The molecule has 0 amide bonds. The van der Waals surface area contributed by atoms with Crippen LogP contribution < -0.4 is 0 Å². The maximum atomic E-state index is 5.21. The molecule has 0 fully saturated rings. The van der Waals surface area contributed by atoms with Gasteiger partial charge < -0.3 is 9.13 Å². The van der Waals surface area contributed by atoms with E-state index >= 15 is 0 Å². The summed E-state index contributed by atoms with van der Waals surface area (Å²) in [6.07, 6.45) is 0. The predicted octanol–water partition coefficient (Wildman–Crippen LogP) is 14.1. The molecule has 0 saturated carbocycles. The van der Waals surface area contributed by atoms with Crippen LogP contribution in [0.25, 0.3) is 71.8 Å². The lowest BCUT2D eigenvalue weighted by atomic mass is 9.90. The zero-order valence-electron chi connectivity index (χ0n) is 33.4. The molecule has 0 aliphatic carbocycles. The second-order valence-electron chi connectivity index (χ2n) is 15.2. The molecule has 0 bridgehead atoms. The predicted molar refractivity (Wildman–Crippen MR) is 251 cm³/mol. The normalized spacial score (nSPS) is 12.3. The summed E-state index contributed by atoms with van der Waals surface area (Å²) in [5.41, 5.74) is 16.0. The highest BCUT2D eigenvalue weighted by Gasteiger charge is 2.22. The van der Waals surface area contributed by atoms with Crippen molar-refractivity contribution in [2.75, 3.05) is 0 Å². The molecule has 59 heavy (non-hydrogen) atoms. The van der Waals surface area contributed by atoms with E-state index < -0.39 is 0 Å². The lowest BCUT2D eigenvalue weighted by Gasteiger charge is -2.18. The molecule has 10 aromatic rings. The van der Waals surface area contributed by atoms with Gasteiger partial charge in [-0.15, -0.1) is 0 Å². The highest BCUT2D eigenvalue weighted by atomic mass is 15.0. The number of aliphatic imine (C=N–C) groups is 2. The second-order valence-corrected chi connectivity index (χ2v) is 15.2. The molecule has 10 rings (SSSR count). The van der Waals surface area contributed by atoms with Gasteiger partial charge in [0.2, 0.25) is 0 Å². The van der Waals surface area contributed by atoms with Gasteiger partial charge in [-0.25, -0.2) is 9.98 Å². The number of hydrogen-bond acceptors (Lipinski definition) is 1. The third-order valence-corrected chi connectivity index (χ3v) is 11.6. The fourth-order valence-corrected chi connectivity index (χ4v) is 8.73. The Labute approximate surface area is 344 Å². The third kappa shape index (κ3) is 6.18. The van der Waals surface area contributed by atoms with Gasteiger partial charge >= 0.3 is 0 Å².